The van der Waals surface area contributed by atoms with Crippen molar-refractivity contribution in [2.24, 2.45) is 0 Å². The normalized spacial score (nSPS) is 17.1. The third-order valence-corrected chi connectivity index (χ3v) is 1.84. The molecule has 0 bridgehead atoms. The molecule has 0 radical (unpaired) electrons. The van der Waals surface area contributed by atoms with Gasteiger partial charge >= 0.3 is 0 Å². The molecule has 3 nitrogen and oxygen atoms in total. The molecule has 2 atom stereocenters. The van der Waals surface area contributed by atoms with Crippen molar-refractivity contribution in [1.82, 2.24) is 0 Å². The molecule has 0 saturated carbocycles. The van der Waals surface area contributed by atoms with Gasteiger partial charge in [0.2, 0.25) is 0 Å². The summed E-state index contributed by atoms with van der Waals surface area (Å²) in [4.78, 5) is 0. The number of rotatable bonds is 3. The summed E-state index contributed by atoms with van der Waals surface area (Å²) in [6.45, 7) is 3.30. The Balaban J connectivity index is 2.72. The van der Waals surface area contributed by atoms with E-state index >= 15 is 0 Å². The van der Waals surface area contributed by atoms with Crippen molar-refractivity contribution < 1.29 is 14.6 Å². The average molecular weight is 182 g/mol. The molecule has 1 aromatic heterocycles. The van der Waals surface area contributed by atoms with Gasteiger partial charge in [0.1, 0.15) is 11.9 Å². The zero-order valence-corrected chi connectivity index (χ0v) is 7.77. The first kappa shape index (κ1) is 10.0. The maximum Gasteiger partial charge on any atom is 0.126 e. The maximum atomic E-state index is 9.43. The lowest BCUT2D eigenvalue weighted by atomic mass is 10.1. The number of aliphatic hydroxyl groups is 2. The predicted molar refractivity (Wildman–Crippen MR) is 50.0 cm³/mol. The van der Waals surface area contributed by atoms with E-state index in [0.29, 0.717) is 11.3 Å². The van der Waals surface area contributed by atoms with Crippen molar-refractivity contribution in [3.05, 3.63) is 29.7 Å². The highest BCUT2D eigenvalue weighted by Gasteiger charge is 2.12. The van der Waals surface area contributed by atoms with Crippen LogP contribution in [0.2, 0.25) is 0 Å². The van der Waals surface area contributed by atoms with Crippen molar-refractivity contribution in [2.45, 2.75) is 26.1 Å². The zero-order chi connectivity index (χ0) is 9.84. The van der Waals surface area contributed by atoms with Crippen molar-refractivity contribution in [3.63, 3.8) is 0 Å². The van der Waals surface area contributed by atoms with Crippen molar-refractivity contribution in [2.75, 3.05) is 0 Å². The Morgan fingerprint density at radius 3 is 2.69 bits per heavy atom. The Kier molecular flexibility index (Phi) is 3.28. The van der Waals surface area contributed by atoms with Crippen molar-refractivity contribution in [3.8, 4) is 0 Å². The molecule has 0 spiro atoms. The second kappa shape index (κ2) is 4.25. The molecule has 0 amide bonds. The van der Waals surface area contributed by atoms with E-state index in [2.05, 4.69) is 0 Å². The van der Waals surface area contributed by atoms with Gasteiger partial charge < -0.3 is 14.6 Å². The molecular weight excluding hydrogens is 168 g/mol. The van der Waals surface area contributed by atoms with Crippen LogP contribution in [0.4, 0.5) is 0 Å². The van der Waals surface area contributed by atoms with E-state index in [9.17, 15) is 5.11 Å². The highest BCUT2D eigenvalue weighted by Crippen LogP contribution is 2.12. The molecule has 1 rings (SSSR count). The second-order valence-electron chi connectivity index (χ2n) is 3.09. The fourth-order valence-corrected chi connectivity index (χ4v) is 1.06. The Labute approximate surface area is 77.3 Å². The van der Waals surface area contributed by atoms with Crippen LogP contribution in [0.3, 0.4) is 0 Å². The van der Waals surface area contributed by atoms with Crippen LogP contribution in [0.15, 0.2) is 28.4 Å². The van der Waals surface area contributed by atoms with Crippen LogP contribution in [0.25, 0.3) is 6.08 Å². The van der Waals surface area contributed by atoms with Crippen LogP contribution >= 0.6 is 0 Å². The standard InChI is InChI=1S/C10H14O3/c1-7(10(12)8(2)11)6-9-4-3-5-13-9/h3-6,8,10-12H,1-2H3/b7-6+/t8-,10+/m0/s1. The van der Waals surface area contributed by atoms with Crippen molar-refractivity contribution in [1.29, 1.82) is 0 Å². The summed E-state index contributed by atoms with van der Waals surface area (Å²) in [5.41, 5.74) is 0.685. The summed E-state index contributed by atoms with van der Waals surface area (Å²) >= 11 is 0. The lowest BCUT2D eigenvalue weighted by Gasteiger charge is -2.13. The summed E-state index contributed by atoms with van der Waals surface area (Å²) in [7, 11) is 0. The van der Waals surface area contributed by atoms with Gasteiger partial charge in [-0.1, -0.05) is 0 Å². The van der Waals surface area contributed by atoms with Gasteiger partial charge in [0.05, 0.1) is 12.4 Å². The fourth-order valence-electron chi connectivity index (χ4n) is 1.06. The molecule has 0 aliphatic heterocycles. The minimum atomic E-state index is -0.829. The van der Waals surface area contributed by atoms with E-state index in [0.717, 1.165) is 0 Å². The smallest absolute Gasteiger partial charge is 0.126 e. The van der Waals surface area contributed by atoms with E-state index in [1.165, 1.54) is 0 Å². The molecule has 0 aromatic carbocycles. The Morgan fingerprint density at radius 2 is 2.23 bits per heavy atom. The molecule has 0 saturated heterocycles. The third-order valence-electron chi connectivity index (χ3n) is 1.84. The molecular formula is C10H14O3. The highest BCUT2D eigenvalue weighted by molar-refractivity contribution is 5.47. The molecule has 0 aliphatic rings. The first-order chi connectivity index (χ1) is 6.11. The minimum Gasteiger partial charge on any atom is -0.465 e. The van der Waals surface area contributed by atoms with Crippen LogP contribution in [0, 0.1) is 0 Å². The fraction of sp³-hybridized carbons (Fsp3) is 0.400. The van der Waals surface area contributed by atoms with Crippen LogP contribution in [-0.4, -0.2) is 22.4 Å². The maximum absolute atomic E-state index is 9.43. The molecule has 3 heteroatoms. The van der Waals surface area contributed by atoms with E-state index in [4.69, 9.17) is 9.52 Å². The van der Waals surface area contributed by atoms with Gasteiger partial charge in [-0.3, -0.25) is 0 Å². The number of aliphatic hydroxyl groups excluding tert-OH is 2. The predicted octanol–water partition coefficient (Wildman–Crippen LogP) is 1.42. The van der Waals surface area contributed by atoms with Gasteiger partial charge in [-0.15, -0.1) is 0 Å². The van der Waals surface area contributed by atoms with Crippen LogP contribution in [0.5, 0.6) is 0 Å². The quantitative estimate of drug-likeness (QED) is 0.743. The summed E-state index contributed by atoms with van der Waals surface area (Å²) < 4.78 is 5.06. The number of hydrogen-bond donors (Lipinski definition) is 2. The third kappa shape index (κ3) is 2.72. The van der Waals surface area contributed by atoms with Gasteiger partial charge in [0.25, 0.3) is 0 Å². The first-order valence-electron chi connectivity index (χ1n) is 4.19. The first-order valence-corrected chi connectivity index (χ1v) is 4.19. The van der Waals surface area contributed by atoms with Gasteiger partial charge in [-0.05, 0) is 37.6 Å². The van der Waals surface area contributed by atoms with E-state index in [-0.39, 0.29) is 0 Å². The highest BCUT2D eigenvalue weighted by atomic mass is 16.3. The van der Waals surface area contributed by atoms with Crippen LogP contribution in [-0.2, 0) is 0 Å². The molecule has 0 aliphatic carbocycles. The molecule has 72 valence electrons. The molecule has 1 aromatic rings. The largest absolute Gasteiger partial charge is 0.465 e. The Hall–Kier alpha value is -1.06. The molecule has 0 fully saturated rings. The summed E-state index contributed by atoms with van der Waals surface area (Å²) in [5.74, 6) is 0.678. The molecule has 13 heavy (non-hydrogen) atoms. The molecule has 2 N–H and O–H groups in total. The van der Waals surface area contributed by atoms with Crippen molar-refractivity contribution >= 4 is 6.08 Å². The Morgan fingerprint density at radius 1 is 1.54 bits per heavy atom. The van der Waals surface area contributed by atoms with Gasteiger partial charge in [-0.25, -0.2) is 0 Å². The lowest BCUT2D eigenvalue weighted by Crippen LogP contribution is -2.23. The minimum absolute atomic E-state index is 0.678. The second-order valence-corrected chi connectivity index (χ2v) is 3.09. The SMILES string of the molecule is C/C(=C\c1ccco1)[C@@H](O)[C@H](C)O. The Bertz CT molecular complexity index is 272. The molecule has 0 unspecified atom stereocenters. The van der Waals surface area contributed by atoms with Gasteiger partial charge in [-0.2, -0.15) is 0 Å². The monoisotopic (exact) mass is 182 g/mol. The van der Waals surface area contributed by atoms with Gasteiger partial charge in [0.15, 0.2) is 0 Å². The van der Waals surface area contributed by atoms with Crippen LogP contribution in [0.1, 0.15) is 19.6 Å². The number of hydrogen-bond acceptors (Lipinski definition) is 3. The summed E-state index contributed by atoms with van der Waals surface area (Å²) in [5, 5.41) is 18.5. The molecule has 1 heterocycles. The topological polar surface area (TPSA) is 53.6 Å². The van der Waals surface area contributed by atoms with Crippen LogP contribution < -0.4 is 0 Å². The number of furan rings is 1. The summed E-state index contributed by atoms with van der Waals surface area (Å²) in [6, 6.07) is 3.56. The van der Waals surface area contributed by atoms with E-state index in [1.54, 1.807) is 38.3 Å². The van der Waals surface area contributed by atoms with E-state index < -0.39 is 12.2 Å². The summed E-state index contributed by atoms with van der Waals surface area (Å²) in [6.07, 6.45) is 1.68. The lowest BCUT2D eigenvalue weighted by molar-refractivity contribution is 0.0553. The average Bonchev–Trinajstić information content (AvgIpc) is 2.55. The van der Waals surface area contributed by atoms with Gasteiger partial charge in [0, 0.05) is 0 Å². The van der Waals surface area contributed by atoms with E-state index in [1.807, 2.05) is 0 Å². The zero-order valence-electron chi connectivity index (χ0n) is 7.77.